The number of piperazine rings is 1. The zero-order valence-corrected chi connectivity index (χ0v) is 18.4. The van der Waals surface area contributed by atoms with E-state index in [9.17, 15) is 4.79 Å². The molecular formula is C24H30N6O. The van der Waals surface area contributed by atoms with E-state index in [2.05, 4.69) is 51.2 Å². The van der Waals surface area contributed by atoms with Crippen LogP contribution in [0.2, 0.25) is 0 Å². The maximum absolute atomic E-state index is 12.7. The summed E-state index contributed by atoms with van der Waals surface area (Å²) < 4.78 is 1.71. The number of benzene rings is 2. The molecule has 162 valence electrons. The number of hydrogen-bond donors (Lipinski definition) is 1. The molecule has 3 aromatic rings. The largest absolute Gasteiger partial charge is 0.369 e. The van der Waals surface area contributed by atoms with Crippen molar-refractivity contribution in [2.45, 2.75) is 32.9 Å². The van der Waals surface area contributed by atoms with Crippen molar-refractivity contribution in [3.05, 3.63) is 72.3 Å². The highest BCUT2D eigenvalue weighted by atomic mass is 16.1. The van der Waals surface area contributed by atoms with Gasteiger partial charge in [-0.1, -0.05) is 12.1 Å². The molecule has 2 aromatic carbocycles. The van der Waals surface area contributed by atoms with E-state index in [-0.39, 0.29) is 11.9 Å². The number of carbonyl (C=O) groups is 1. The molecule has 0 bridgehead atoms. The SMILES string of the molecule is CC(NC(=O)c1ccc(N2CCN(C(C)C)CC2)cc1)c1ccc(-n2cncn2)cc1. The minimum Gasteiger partial charge on any atom is -0.369 e. The standard InChI is InChI=1S/C24H30N6O/c1-18(2)28-12-14-29(15-13-28)22-8-6-21(7-9-22)24(31)27-19(3)20-4-10-23(11-5-20)30-17-25-16-26-30/h4-11,16-19H,12-15H2,1-3H3,(H,27,31). The monoisotopic (exact) mass is 418 g/mol. The van der Waals surface area contributed by atoms with Crippen LogP contribution in [0.4, 0.5) is 5.69 Å². The van der Waals surface area contributed by atoms with Gasteiger partial charge in [-0.3, -0.25) is 9.69 Å². The molecule has 0 spiro atoms. The maximum atomic E-state index is 12.7. The minimum absolute atomic E-state index is 0.0657. The van der Waals surface area contributed by atoms with E-state index in [1.807, 2.05) is 43.3 Å². The predicted octanol–water partition coefficient (Wildman–Crippen LogP) is 3.29. The number of carbonyl (C=O) groups excluding carboxylic acids is 1. The molecule has 31 heavy (non-hydrogen) atoms. The van der Waals surface area contributed by atoms with Crippen LogP contribution in [0.1, 0.15) is 42.7 Å². The van der Waals surface area contributed by atoms with Gasteiger partial charge in [0.05, 0.1) is 11.7 Å². The van der Waals surface area contributed by atoms with Gasteiger partial charge in [-0.15, -0.1) is 0 Å². The fourth-order valence-corrected chi connectivity index (χ4v) is 3.94. The van der Waals surface area contributed by atoms with Crippen LogP contribution in [0.3, 0.4) is 0 Å². The molecule has 0 radical (unpaired) electrons. The Kier molecular flexibility index (Phi) is 6.32. The number of nitrogens with zero attached hydrogens (tertiary/aromatic N) is 5. The van der Waals surface area contributed by atoms with Gasteiger partial charge in [-0.05, 0) is 62.7 Å². The number of aromatic nitrogens is 3. The van der Waals surface area contributed by atoms with Crippen molar-refractivity contribution in [2.24, 2.45) is 0 Å². The van der Waals surface area contributed by atoms with Gasteiger partial charge in [-0.2, -0.15) is 5.10 Å². The first-order chi connectivity index (χ1) is 15.0. The zero-order valence-electron chi connectivity index (χ0n) is 18.4. The molecule has 4 rings (SSSR count). The Morgan fingerprint density at radius 3 is 2.13 bits per heavy atom. The smallest absolute Gasteiger partial charge is 0.251 e. The van der Waals surface area contributed by atoms with Crippen molar-refractivity contribution in [1.82, 2.24) is 25.0 Å². The Morgan fingerprint density at radius 1 is 0.903 bits per heavy atom. The fraction of sp³-hybridized carbons (Fsp3) is 0.375. The molecule has 1 aliphatic heterocycles. The van der Waals surface area contributed by atoms with E-state index in [0.717, 1.165) is 37.4 Å². The third-order valence-electron chi connectivity index (χ3n) is 5.96. The second kappa shape index (κ2) is 9.31. The molecule has 7 heteroatoms. The van der Waals surface area contributed by atoms with Crippen molar-refractivity contribution in [3.63, 3.8) is 0 Å². The lowest BCUT2D eigenvalue weighted by Gasteiger charge is -2.38. The van der Waals surface area contributed by atoms with Crippen molar-refractivity contribution in [1.29, 1.82) is 0 Å². The Bertz CT molecular complexity index is 974. The van der Waals surface area contributed by atoms with Crippen LogP contribution < -0.4 is 10.2 Å². The van der Waals surface area contributed by atoms with Gasteiger partial charge in [-0.25, -0.2) is 9.67 Å². The lowest BCUT2D eigenvalue weighted by molar-refractivity contribution is 0.0940. The third kappa shape index (κ3) is 4.94. The summed E-state index contributed by atoms with van der Waals surface area (Å²) in [7, 11) is 0. The average molecular weight is 419 g/mol. The molecule has 1 aromatic heterocycles. The topological polar surface area (TPSA) is 66.3 Å². The van der Waals surface area contributed by atoms with Gasteiger partial charge in [0.25, 0.3) is 5.91 Å². The highest BCUT2D eigenvalue weighted by Crippen LogP contribution is 2.20. The first kappa shape index (κ1) is 21.1. The van der Waals surface area contributed by atoms with E-state index in [4.69, 9.17) is 0 Å². The summed E-state index contributed by atoms with van der Waals surface area (Å²) in [5.74, 6) is -0.0657. The van der Waals surface area contributed by atoms with E-state index < -0.39 is 0 Å². The Morgan fingerprint density at radius 2 is 1.55 bits per heavy atom. The van der Waals surface area contributed by atoms with Crippen molar-refractivity contribution in [3.8, 4) is 5.69 Å². The Balaban J connectivity index is 1.34. The van der Waals surface area contributed by atoms with Crippen LogP contribution in [0.25, 0.3) is 5.69 Å². The van der Waals surface area contributed by atoms with Gasteiger partial charge in [0.2, 0.25) is 0 Å². The van der Waals surface area contributed by atoms with Crippen molar-refractivity contribution in [2.75, 3.05) is 31.1 Å². The molecule has 2 heterocycles. The fourth-order valence-electron chi connectivity index (χ4n) is 3.94. The van der Waals surface area contributed by atoms with Gasteiger partial charge in [0.15, 0.2) is 0 Å². The van der Waals surface area contributed by atoms with Gasteiger partial charge < -0.3 is 10.2 Å². The van der Waals surface area contributed by atoms with Crippen molar-refractivity contribution < 1.29 is 4.79 Å². The maximum Gasteiger partial charge on any atom is 0.251 e. The van der Waals surface area contributed by atoms with E-state index in [0.29, 0.717) is 11.6 Å². The number of anilines is 1. The molecule has 1 fully saturated rings. The Hall–Kier alpha value is -3.19. The first-order valence-corrected chi connectivity index (χ1v) is 10.9. The number of rotatable bonds is 6. The van der Waals surface area contributed by atoms with Crippen LogP contribution in [-0.2, 0) is 0 Å². The molecule has 1 saturated heterocycles. The molecule has 1 amide bonds. The van der Waals surface area contributed by atoms with Crippen LogP contribution in [0.5, 0.6) is 0 Å². The van der Waals surface area contributed by atoms with Gasteiger partial charge >= 0.3 is 0 Å². The van der Waals surface area contributed by atoms with Crippen LogP contribution in [-0.4, -0.2) is 57.8 Å². The van der Waals surface area contributed by atoms with E-state index in [1.165, 1.54) is 12.0 Å². The third-order valence-corrected chi connectivity index (χ3v) is 5.96. The normalized spacial score (nSPS) is 15.8. The van der Waals surface area contributed by atoms with Crippen LogP contribution in [0.15, 0.2) is 61.2 Å². The average Bonchev–Trinajstić information content (AvgIpc) is 3.34. The minimum atomic E-state index is -0.0962. The van der Waals surface area contributed by atoms with Crippen molar-refractivity contribution >= 4 is 11.6 Å². The Labute approximate surface area is 183 Å². The number of hydrogen-bond acceptors (Lipinski definition) is 5. The lowest BCUT2D eigenvalue weighted by Crippen LogP contribution is -2.48. The molecule has 1 unspecified atom stereocenters. The summed E-state index contributed by atoms with van der Waals surface area (Å²) >= 11 is 0. The molecule has 0 saturated carbocycles. The summed E-state index contributed by atoms with van der Waals surface area (Å²) in [5, 5.41) is 7.22. The van der Waals surface area contributed by atoms with Crippen LogP contribution in [0, 0.1) is 0 Å². The summed E-state index contributed by atoms with van der Waals surface area (Å²) in [5.41, 5.74) is 3.83. The van der Waals surface area contributed by atoms with Crippen LogP contribution >= 0.6 is 0 Å². The van der Waals surface area contributed by atoms with E-state index >= 15 is 0 Å². The van der Waals surface area contributed by atoms with Gasteiger partial charge in [0, 0.05) is 43.5 Å². The quantitative estimate of drug-likeness (QED) is 0.665. The molecule has 1 N–H and O–H groups in total. The summed E-state index contributed by atoms with van der Waals surface area (Å²) in [6.07, 6.45) is 3.17. The highest BCUT2D eigenvalue weighted by molar-refractivity contribution is 5.94. The first-order valence-electron chi connectivity index (χ1n) is 10.9. The molecule has 1 aliphatic rings. The summed E-state index contributed by atoms with van der Waals surface area (Å²) in [6, 6.07) is 16.4. The second-order valence-electron chi connectivity index (χ2n) is 8.29. The summed E-state index contributed by atoms with van der Waals surface area (Å²) in [6.45, 7) is 10.7. The van der Waals surface area contributed by atoms with Gasteiger partial charge in [0.1, 0.15) is 12.7 Å². The molecule has 7 nitrogen and oxygen atoms in total. The van der Waals surface area contributed by atoms with E-state index in [1.54, 1.807) is 11.0 Å². The zero-order chi connectivity index (χ0) is 21.8. The second-order valence-corrected chi connectivity index (χ2v) is 8.29. The lowest BCUT2D eigenvalue weighted by atomic mass is 10.1. The summed E-state index contributed by atoms with van der Waals surface area (Å²) in [4.78, 5) is 21.6. The molecule has 1 atom stereocenters. The molecular weight excluding hydrogens is 388 g/mol. The highest BCUT2D eigenvalue weighted by Gasteiger charge is 2.19. The number of nitrogens with one attached hydrogen (secondary N) is 1. The molecule has 0 aliphatic carbocycles. The number of amides is 1. The predicted molar refractivity (Wildman–Crippen MR) is 123 cm³/mol.